The number of benzene rings is 1. The van der Waals surface area contributed by atoms with Gasteiger partial charge in [-0.25, -0.2) is 4.79 Å². The van der Waals surface area contributed by atoms with Crippen molar-refractivity contribution in [1.29, 1.82) is 0 Å². The zero-order chi connectivity index (χ0) is 14.8. The van der Waals surface area contributed by atoms with Crippen LogP contribution < -0.4 is 10.6 Å². The van der Waals surface area contributed by atoms with Gasteiger partial charge in [-0.1, -0.05) is 18.2 Å². The Hall–Kier alpha value is -1.66. The number of urea groups is 1. The van der Waals surface area contributed by atoms with Gasteiger partial charge in [0.25, 0.3) is 0 Å². The number of carbonyl (C=O) groups is 1. The summed E-state index contributed by atoms with van der Waals surface area (Å²) in [5.41, 5.74) is 1.59. The second-order valence-electron chi connectivity index (χ2n) is 4.11. The van der Waals surface area contributed by atoms with Crippen LogP contribution in [0.5, 0.6) is 0 Å². The Labute approximate surface area is 121 Å². The molecular weight excluding hydrogens is 276 g/mol. The number of hydrogen-bond acceptors (Lipinski definition) is 3. The molecule has 0 aromatic heterocycles. The zero-order valence-electron chi connectivity index (χ0n) is 11.6. The molecule has 0 aliphatic carbocycles. The number of nitrogens with one attached hydrogen (secondary N) is 2. The summed E-state index contributed by atoms with van der Waals surface area (Å²) < 4.78 is 16.7. The molecule has 1 aromatic carbocycles. The van der Waals surface area contributed by atoms with Crippen LogP contribution in [0.15, 0.2) is 36.9 Å². The Bertz CT molecular complexity index is 477. The van der Waals surface area contributed by atoms with Crippen LogP contribution in [0.25, 0.3) is 0 Å². The highest BCUT2D eigenvalue weighted by atomic mass is 32.2. The fourth-order valence-electron chi connectivity index (χ4n) is 1.51. The average Bonchev–Trinajstić information content (AvgIpc) is 2.43. The maximum Gasteiger partial charge on any atom is 0.319 e. The van der Waals surface area contributed by atoms with Crippen molar-refractivity contribution in [2.24, 2.45) is 0 Å². The van der Waals surface area contributed by atoms with Gasteiger partial charge < -0.3 is 15.4 Å². The molecule has 110 valence electrons. The quantitative estimate of drug-likeness (QED) is 0.720. The highest BCUT2D eigenvalue weighted by Gasteiger charge is 2.04. The predicted octanol–water partition coefficient (Wildman–Crippen LogP) is 1.89. The molecule has 0 saturated carbocycles. The van der Waals surface area contributed by atoms with Crippen LogP contribution in [0.1, 0.15) is 5.56 Å². The third-order valence-corrected chi connectivity index (χ3v) is 3.71. The van der Waals surface area contributed by atoms with Crippen LogP contribution in [-0.2, 0) is 21.3 Å². The lowest BCUT2D eigenvalue weighted by molar-refractivity contribution is 0.218. The van der Waals surface area contributed by atoms with E-state index in [1.807, 2.05) is 18.2 Å². The molecule has 2 amide bonds. The summed E-state index contributed by atoms with van der Waals surface area (Å²) in [4.78, 5) is 11.5. The SMILES string of the molecule is C=CCNC(=O)Nc1cccc(C[S@@](=O)CCOC)c1. The van der Waals surface area contributed by atoms with Crippen molar-refractivity contribution in [3.8, 4) is 0 Å². The Morgan fingerprint density at radius 1 is 1.50 bits per heavy atom. The summed E-state index contributed by atoms with van der Waals surface area (Å²) in [5.74, 6) is 0.959. The maximum atomic E-state index is 11.8. The lowest BCUT2D eigenvalue weighted by Gasteiger charge is -2.08. The summed E-state index contributed by atoms with van der Waals surface area (Å²) in [6.07, 6.45) is 1.61. The molecule has 6 heteroatoms. The van der Waals surface area contributed by atoms with Crippen molar-refractivity contribution in [1.82, 2.24) is 5.32 Å². The molecule has 0 aliphatic heterocycles. The molecule has 0 fully saturated rings. The zero-order valence-corrected chi connectivity index (χ0v) is 12.4. The molecule has 0 saturated heterocycles. The summed E-state index contributed by atoms with van der Waals surface area (Å²) in [7, 11) is 0.624. The molecule has 0 heterocycles. The summed E-state index contributed by atoms with van der Waals surface area (Å²) in [6.45, 7) is 4.41. The van der Waals surface area contributed by atoms with E-state index in [9.17, 15) is 9.00 Å². The van der Waals surface area contributed by atoms with Gasteiger partial charge in [0.1, 0.15) is 0 Å². The topological polar surface area (TPSA) is 67.4 Å². The smallest absolute Gasteiger partial charge is 0.319 e. The van der Waals surface area contributed by atoms with Crippen LogP contribution in [0, 0.1) is 0 Å². The van der Waals surface area contributed by atoms with E-state index in [0.717, 1.165) is 5.56 Å². The lowest BCUT2D eigenvalue weighted by Crippen LogP contribution is -2.28. The fraction of sp³-hybridized carbons (Fsp3) is 0.357. The molecule has 1 atom stereocenters. The molecule has 20 heavy (non-hydrogen) atoms. The summed E-state index contributed by atoms with van der Waals surface area (Å²) in [6, 6.07) is 7.03. The number of carbonyl (C=O) groups excluding carboxylic acids is 1. The van der Waals surface area contributed by atoms with Crippen LogP contribution in [-0.4, -0.2) is 36.3 Å². The molecular formula is C14H20N2O3S. The number of methoxy groups -OCH3 is 1. The molecule has 2 N–H and O–H groups in total. The first-order valence-corrected chi connectivity index (χ1v) is 7.73. The van der Waals surface area contributed by atoms with Crippen LogP contribution in [0.3, 0.4) is 0 Å². The fourth-order valence-corrected chi connectivity index (χ4v) is 2.56. The van der Waals surface area contributed by atoms with Gasteiger partial charge in [0.15, 0.2) is 0 Å². The molecule has 1 aromatic rings. The molecule has 0 radical (unpaired) electrons. The maximum absolute atomic E-state index is 11.8. The van der Waals surface area contributed by atoms with E-state index in [1.54, 1.807) is 19.3 Å². The molecule has 0 unspecified atom stereocenters. The van der Waals surface area contributed by atoms with Gasteiger partial charge in [-0.15, -0.1) is 6.58 Å². The van der Waals surface area contributed by atoms with E-state index >= 15 is 0 Å². The average molecular weight is 296 g/mol. The van der Waals surface area contributed by atoms with E-state index in [0.29, 0.717) is 30.3 Å². The van der Waals surface area contributed by atoms with Crippen molar-refractivity contribution < 1.29 is 13.7 Å². The monoisotopic (exact) mass is 296 g/mol. The second-order valence-corrected chi connectivity index (χ2v) is 5.68. The molecule has 5 nitrogen and oxygen atoms in total. The summed E-state index contributed by atoms with van der Waals surface area (Å²) >= 11 is 0. The lowest BCUT2D eigenvalue weighted by atomic mass is 10.2. The highest BCUT2D eigenvalue weighted by molar-refractivity contribution is 7.84. The van der Waals surface area contributed by atoms with Crippen LogP contribution in [0.4, 0.5) is 10.5 Å². The summed E-state index contributed by atoms with van der Waals surface area (Å²) in [5, 5.41) is 5.34. The van der Waals surface area contributed by atoms with Crippen LogP contribution in [0.2, 0.25) is 0 Å². The van der Waals surface area contributed by atoms with Crippen molar-refractivity contribution in [3.63, 3.8) is 0 Å². The first-order chi connectivity index (χ1) is 9.65. The Balaban J connectivity index is 2.54. The Morgan fingerprint density at radius 3 is 3.00 bits per heavy atom. The van der Waals surface area contributed by atoms with Crippen molar-refractivity contribution in [3.05, 3.63) is 42.5 Å². The first-order valence-electron chi connectivity index (χ1n) is 6.24. The number of ether oxygens (including phenoxy) is 1. The standard InChI is InChI=1S/C14H20N2O3S/c1-3-7-15-14(17)16-13-6-4-5-12(10-13)11-20(18)9-8-19-2/h3-6,10H,1,7-9,11H2,2H3,(H2,15,16,17)/t20-/m0/s1. The van der Waals surface area contributed by atoms with Gasteiger partial charge in [-0.05, 0) is 17.7 Å². The number of hydrogen-bond donors (Lipinski definition) is 2. The van der Waals surface area contributed by atoms with E-state index in [1.165, 1.54) is 0 Å². The third-order valence-electron chi connectivity index (χ3n) is 2.43. The van der Waals surface area contributed by atoms with E-state index < -0.39 is 10.8 Å². The van der Waals surface area contributed by atoms with Gasteiger partial charge in [0, 0.05) is 41.6 Å². The van der Waals surface area contributed by atoms with Crippen molar-refractivity contribution in [2.75, 3.05) is 31.3 Å². The molecule has 0 bridgehead atoms. The van der Waals surface area contributed by atoms with Gasteiger partial charge in [0.05, 0.1) is 6.61 Å². The Morgan fingerprint density at radius 2 is 2.30 bits per heavy atom. The molecule has 1 rings (SSSR count). The first kappa shape index (κ1) is 16.4. The van der Waals surface area contributed by atoms with Gasteiger partial charge in [0.2, 0.25) is 0 Å². The second kappa shape index (κ2) is 9.28. The van der Waals surface area contributed by atoms with Gasteiger partial charge in [-0.2, -0.15) is 0 Å². The van der Waals surface area contributed by atoms with Gasteiger partial charge in [-0.3, -0.25) is 4.21 Å². The number of amides is 2. The van der Waals surface area contributed by atoms with Crippen molar-refractivity contribution in [2.45, 2.75) is 5.75 Å². The minimum Gasteiger partial charge on any atom is -0.384 e. The largest absolute Gasteiger partial charge is 0.384 e. The van der Waals surface area contributed by atoms with E-state index in [-0.39, 0.29) is 6.03 Å². The predicted molar refractivity (Wildman–Crippen MR) is 82.2 cm³/mol. The van der Waals surface area contributed by atoms with E-state index in [2.05, 4.69) is 17.2 Å². The van der Waals surface area contributed by atoms with Crippen LogP contribution >= 0.6 is 0 Å². The molecule has 0 aliphatic rings. The number of rotatable bonds is 8. The minimum atomic E-state index is -0.963. The molecule has 0 spiro atoms. The number of anilines is 1. The van der Waals surface area contributed by atoms with Crippen molar-refractivity contribution >= 4 is 22.5 Å². The van der Waals surface area contributed by atoms with E-state index in [4.69, 9.17) is 4.74 Å². The minimum absolute atomic E-state index is 0.289. The Kier molecular flexibility index (Phi) is 7.60. The third kappa shape index (κ3) is 6.49. The highest BCUT2D eigenvalue weighted by Crippen LogP contribution is 2.12. The normalized spacial score (nSPS) is 11.7. The van der Waals surface area contributed by atoms with Gasteiger partial charge >= 0.3 is 6.03 Å².